The molecule has 1 atom stereocenters. The Morgan fingerprint density at radius 1 is 1.25 bits per heavy atom. The fourth-order valence-electron chi connectivity index (χ4n) is 3.11. The van der Waals surface area contributed by atoms with Gasteiger partial charge in [-0.3, -0.25) is 0 Å². The molecule has 0 spiro atoms. The highest BCUT2D eigenvalue weighted by Crippen LogP contribution is 2.26. The Morgan fingerprint density at radius 3 is 2.62 bits per heavy atom. The van der Waals surface area contributed by atoms with Gasteiger partial charge in [0, 0.05) is 24.4 Å². The van der Waals surface area contributed by atoms with Crippen molar-refractivity contribution in [2.75, 3.05) is 31.2 Å². The number of aliphatic hydroxyl groups is 1. The number of anilines is 1. The molecule has 128 valence electrons. The van der Waals surface area contributed by atoms with Gasteiger partial charge in [-0.1, -0.05) is 18.2 Å². The zero-order chi connectivity index (χ0) is 17.2. The van der Waals surface area contributed by atoms with Gasteiger partial charge in [-0.05, 0) is 31.5 Å². The molecule has 6 heteroatoms. The minimum atomic E-state index is -0.860. The highest BCUT2D eigenvalue weighted by Gasteiger charge is 2.38. The summed E-state index contributed by atoms with van der Waals surface area (Å²) in [5.74, 6) is 0.343. The van der Waals surface area contributed by atoms with Crippen molar-refractivity contribution in [1.29, 1.82) is 0 Å². The highest BCUT2D eigenvalue weighted by atomic mass is 19.1. The number of rotatable bonds is 4. The third kappa shape index (κ3) is 3.55. The minimum absolute atomic E-state index is 0.192. The monoisotopic (exact) mass is 331 g/mol. The average molecular weight is 331 g/mol. The van der Waals surface area contributed by atoms with Crippen LogP contribution in [-0.2, 0) is 11.2 Å². The van der Waals surface area contributed by atoms with Crippen molar-refractivity contribution in [1.82, 2.24) is 9.97 Å². The Kier molecular flexibility index (Phi) is 4.78. The van der Waals surface area contributed by atoms with Crippen LogP contribution in [0, 0.1) is 19.7 Å². The number of ether oxygens (including phenoxy) is 1. The van der Waals surface area contributed by atoms with Crippen LogP contribution in [0.15, 0.2) is 30.3 Å². The van der Waals surface area contributed by atoms with E-state index in [1.54, 1.807) is 18.2 Å². The first-order valence-corrected chi connectivity index (χ1v) is 8.07. The summed E-state index contributed by atoms with van der Waals surface area (Å²) in [7, 11) is 0. The first-order valence-electron chi connectivity index (χ1n) is 8.07. The number of benzene rings is 1. The summed E-state index contributed by atoms with van der Waals surface area (Å²) < 4.78 is 19.9. The second-order valence-corrected chi connectivity index (χ2v) is 6.33. The molecule has 1 aromatic carbocycles. The van der Waals surface area contributed by atoms with Crippen molar-refractivity contribution in [3.8, 4) is 0 Å². The van der Waals surface area contributed by atoms with E-state index in [0.29, 0.717) is 37.6 Å². The molecule has 0 saturated carbocycles. The summed E-state index contributed by atoms with van der Waals surface area (Å²) in [6, 6.07) is 8.51. The maximum absolute atomic E-state index is 14.0. The van der Waals surface area contributed by atoms with Crippen LogP contribution in [0.5, 0.6) is 0 Å². The number of hydrogen-bond donors (Lipinski definition) is 1. The van der Waals surface area contributed by atoms with E-state index in [2.05, 4.69) is 9.97 Å². The SMILES string of the molecule is Cc1cc(C)nc(N2CCO[C@](CO)(Cc3ccccc3F)C2)n1. The smallest absolute Gasteiger partial charge is 0.225 e. The Hall–Kier alpha value is -2.05. The van der Waals surface area contributed by atoms with Crippen molar-refractivity contribution in [2.45, 2.75) is 25.9 Å². The third-order valence-electron chi connectivity index (χ3n) is 4.26. The van der Waals surface area contributed by atoms with Gasteiger partial charge < -0.3 is 14.7 Å². The molecule has 0 radical (unpaired) electrons. The predicted molar refractivity (Wildman–Crippen MR) is 89.6 cm³/mol. The zero-order valence-electron chi connectivity index (χ0n) is 14.0. The molecule has 2 aromatic rings. The van der Waals surface area contributed by atoms with E-state index in [0.717, 1.165) is 11.4 Å². The fourth-order valence-corrected chi connectivity index (χ4v) is 3.11. The summed E-state index contributed by atoms with van der Waals surface area (Å²) in [6.45, 7) is 5.16. The standard InChI is InChI=1S/C18H22FN3O2/c1-13-9-14(2)21-17(20-13)22-7-8-24-18(11-22,12-23)10-15-5-3-4-6-16(15)19/h3-6,9,23H,7-8,10-12H2,1-2H3/t18-/m1/s1. The predicted octanol–water partition coefficient (Wildman–Crippen LogP) is 2.04. The van der Waals surface area contributed by atoms with E-state index in [9.17, 15) is 9.50 Å². The number of hydrogen-bond acceptors (Lipinski definition) is 5. The first-order chi connectivity index (χ1) is 11.5. The lowest BCUT2D eigenvalue weighted by Crippen LogP contribution is -2.56. The number of nitrogens with zero attached hydrogens (tertiary/aromatic N) is 3. The van der Waals surface area contributed by atoms with Crippen LogP contribution in [0.2, 0.25) is 0 Å². The normalized spacial score (nSPS) is 21.1. The van der Waals surface area contributed by atoms with Crippen LogP contribution in [0.4, 0.5) is 10.3 Å². The maximum atomic E-state index is 14.0. The number of aromatic nitrogens is 2. The van der Waals surface area contributed by atoms with Crippen LogP contribution >= 0.6 is 0 Å². The number of halogens is 1. The molecule has 1 aromatic heterocycles. The van der Waals surface area contributed by atoms with E-state index in [4.69, 9.17) is 4.74 Å². The van der Waals surface area contributed by atoms with Gasteiger partial charge in [0.05, 0.1) is 19.8 Å². The second-order valence-electron chi connectivity index (χ2n) is 6.33. The van der Waals surface area contributed by atoms with Gasteiger partial charge >= 0.3 is 0 Å². The summed E-state index contributed by atoms with van der Waals surface area (Å²) in [6.07, 6.45) is 0.303. The summed E-state index contributed by atoms with van der Waals surface area (Å²) in [5.41, 5.74) is 1.47. The van der Waals surface area contributed by atoms with Gasteiger partial charge in [-0.15, -0.1) is 0 Å². The summed E-state index contributed by atoms with van der Waals surface area (Å²) >= 11 is 0. The van der Waals surface area contributed by atoms with Crippen LogP contribution in [0.1, 0.15) is 17.0 Å². The molecule has 0 unspecified atom stereocenters. The molecule has 2 heterocycles. The molecular weight excluding hydrogens is 309 g/mol. The molecule has 24 heavy (non-hydrogen) atoms. The minimum Gasteiger partial charge on any atom is -0.393 e. The molecule has 0 aliphatic carbocycles. The number of aliphatic hydroxyl groups excluding tert-OH is 1. The topological polar surface area (TPSA) is 58.5 Å². The van der Waals surface area contributed by atoms with Crippen LogP contribution < -0.4 is 4.90 Å². The Labute approximate surface area is 141 Å². The van der Waals surface area contributed by atoms with Gasteiger partial charge in [0.1, 0.15) is 11.4 Å². The molecule has 1 fully saturated rings. The van der Waals surface area contributed by atoms with Crippen molar-refractivity contribution in [2.24, 2.45) is 0 Å². The maximum Gasteiger partial charge on any atom is 0.225 e. The van der Waals surface area contributed by atoms with Crippen molar-refractivity contribution < 1.29 is 14.2 Å². The van der Waals surface area contributed by atoms with E-state index < -0.39 is 5.60 Å². The lowest BCUT2D eigenvalue weighted by Gasteiger charge is -2.42. The van der Waals surface area contributed by atoms with Gasteiger partial charge in [0.15, 0.2) is 0 Å². The van der Waals surface area contributed by atoms with Gasteiger partial charge in [0.25, 0.3) is 0 Å². The van der Waals surface area contributed by atoms with Crippen LogP contribution in [-0.4, -0.2) is 47.0 Å². The van der Waals surface area contributed by atoms with Crippen LogP contribution in [0.25, 0.3) is 0 Å². The molecule has 1 N–H and O–H groups in total. The summed E-state index contributed by atoms with van der Waals surface area (Å²) in [5, 5.41) is 9.95. The third-order valence-corrected chi connectivity index (χ3v) is 4.26. The fraction of sp³-hybridized carbons (Fsp3) is 0.444. The number of aryl methyl sites for hydroxylation is 2. The first kappa shape index (κ1) is 16.8. The Balaban J connectivity index is 1.85. The molecule has 3 rings (SSSR count). The van der Waals surface area contributed by atoms with Crippen LogP contribution in [0.3, 0.4) is 0 Å². The van der Waals surface area contributed by atoms with E-state index >= 15 is 0 Å². The molecule has 0 bridgehead atoms. The molecule has 0 amide bonds. The lowest BCUT2D eigenvalue weighted by molar-refractivity contribution is -0.0875. The molecule has 5 nitrogen and oxygen atoms in total. The van der Waals surface area contributed by atoms with E-state index in [1.807, 2.05) is 24.8 Å². The molecule has 1 aliphatic rings. The highest BCUT2D eigenvalue weighted by molar-refractivity contribution is 5.34. The van der Waals surface area contributed by atoms with Crippen molar-refractivity contribution in [3.63, 3.8) is 0 Å². The quantitative estimate of drug-likeness (QED) is 0.929. The van der Waals surface area contributed by atoms with Crippen molar-refractivity contribution in [3.05, 3.63) is 53.1 Å². The summed E-state index contributed by atoms with van der Waals surface area (Å²) in [4.78, 5) is 11.0. The number of morpholine rings is 1. The average Bonchev–Trinajstić information content (AvgIpc) is 2.56. The van der Waals surface area contributed by atoms with Gasteiger partial charge in [-0.25, -0.2) is 14.4 Å². The van der Waals surface area contributed by atoms with Gasteiger partial charge in [-0.2, -0.15) is 0 Å². The molecular formula is C18H22FN3O2. The van der Waals surface area contributed by atoms with E-state index in [1.165, 1.54) is 6.07 Å². The Morgan fingerprint density at radius 2 is 1.96 bits per heavy atom. The Bertz CT molecular complexity index is 705. The van der Waals surface area contributed by atoms with E-state index in [-0.39, 0.29) is 12.4 Å². The molecule has 1 saturated heterocycles. The second kappa shape index (κ2) is 6.83. The largest absolute Gasteiger partial charge is 0.393 e. The lowest BCUT2D eigenvalue weighted by atomic mass is 9.93. The zero-order valence-corrected chi connectivity index (χ0v) is 14.0. The van der Waals surface area contributed by atoms with Crippen molar-refractivity contribution >= 4 is 5.95 Å². The molecule has 1 aliphatic heterocycles. The van der Waals surface area contributed by atoms with Gasteiger partial charge in [0.2, 0.25) is 5.95 Å².